The second-order valence-electron chi connectivity index (χ2n) is 12.1. The predicted molar refractivity (Wildman–Crippen MR) is 173 cm³/mol. The molecule has 47 heavy (non-hydrogen) atoms. The maximum Gasteiger partial charge on any atom is 0.432 e. The zero-order chi connectivity index (χ0) is 33.7. The molecule has 0 aliphatic heterocycles. The van der Waals surface area contributed by atoms with E-state index in [1.165, 1.54) is 49.9 Å². The summed E-state index contributed by atoms with van der Waals surface area (Å²) in [5, 5.41) is 0. The number of rotatable bonds is 12. The van der Waals surface area contributed by atoms with Gasteiger partial charge in [-0.25, -0.2) is 22.0 Å². The Hall–Kier alpha value is -3.46. The van der Waals surface area contributed by atoms with E-state index in [0.717, 1.165) is 61.1 Å². The minimum absolute atomic E-state index is 0.176. The molecule has 4 aromatic carbocycles. The molecule has 5 rings (SSSR count). The first kappa shape index (κ1) is 34.9. The average Bonchev–Trinajstić information content (AvgIpc) is 3.02. The SMILES string of the molecule is CCCCCC1CCC(c2ccc(-c3ccc(-c4cc(F)c(C(F)(F)Oc5ccc(SCC)c(F)c5)c(F)c4)c(F)c3)c(F)c2)CC1. The molecule has 250 valence electrons. The molecule has 0 spiro atoms. The molecule has 4 aromatic rings. The highest BCUT2D eigenvalue weighted by Gasteiger charge is 2.41. The Balaban J connectivity index is 1.31. The minimum atomic E-state index is -4.50. The van der Waals surface area contributed by atoms with Gasteiger partial charge in [0.1, 0.15) is 40.4 Å². The standard InChI is InChI=1S/C38H37F7OS/c1-3-5-6-7-23-8-10-24(11-9-23)25-12-15-29(31(39)18-25)26-13-16-30(32(40)19-26)27-20-34(42)37(35(43)21-27)38(44,45)46-28-14-17-36(47-4-2)33(41)22-28/h12-24H,3-11H2,1-2H3. The van der Waals surface area contributed by atoms with Gasteiger partial charge < -0.3 is 4.74 Å². The fourth-order valence-electron chi connectivity index (χ4n) is 6.43. The molecule has 0 saturated heterocycles. The number of ether oxygens (including phenoxy) is 1. The van der Waals surface area contributed by atoms with Crippen molar-refractivity contribution in [2.75, 3.05) is 5.75 Å². The number of thioether (sulfide) groups is 1. The summed E-state index contributed by atoms with van der Waals surface area (Å²) in [5.74, 6) is -4.66. The van der Waals surface area contributed by atoms with Crippen LogP contribution < -0.4 is 4.74 Å². The van der Waals surface area contributed by atoms with E-state index in [4.69, 9.17) is 0 Å². The van der Waals surface area contributed by atoms with Crippen LogP contribution in [-0.2, 0) is 6.11 Å². The number of halogens is 7. The monoisotopic (exact) mass is 674 g/mol. The van der Waals surface area contributed by atoms with Gasteiger partial charge in [0.15, 0.2) is 0 Å². The average molecular weight is 675 g/mol. The van der Waals surface area contributed by atoms with Crippen molar-refractivity contribution in [3.63, 3.8) is 0 Å². The molecule has 0 amide bonds. The Morgan fingerprint density at radius 3 is 1.94 bits per heavy atom. The molecular formula is C38H37F7OS. The van der Waals surface area contributed by atoms with Gasteiger partial charge in [-0.1, -0.05) is 63.8 Å². The number of benzene rings is 4. The normalized spacial score (nSPS) is 16.8. The summed E-state index contributed by atoms with van der Waals surface area (Å²) in [5.41, 5.74) is -0.978. The molecule has 0 bridgehead atoms. The molecule has 0 N–H and O–H groups in total. The lowest BCUT2D eigenvalue weighted by Gasteiger charge is -2.29. The van der Waals surface area contributed by atoms with Gasteiger partial charge in [-0.3, -0.25) is 0 Å². The summed E-state index contributed by atoms with van der Waals surface area (Å²) in [6.45, 7) is 3.98. The maximum atomic E-state index is 15.3. The van der Waals surface area contributed by atoms with Crippen LogP contribution >= 0.6 is 11.8 Å². The topological polar surface area (TPSA) is 9.23 Å². The third-order valence-electron chi connectivity index (χ3n) is 8.90. The highest BCUT2D eigenvalue weighted by molar-refractivity contribution is 7.99. The van der Waals surface area contributed by atoms with Crippen molar-refractivity contribution >= 4 is 11.8 Å². The molecule has 1 aliphatic carbocycles. The van der Waals surface area contributed by atoms with Crippen molar-refractivity contribution in [3.8, 4) is 28.0 Å². The molecule has 0 heterocycles. The van der Waals surface area contributed by atoms with Gasteiger partial charge in [0.25, 0.3) is 0 Å². The summed E-state index contributed by atoms with van der Waals surface area (Å²) in [6, 6.07) is 12.8. The third-order valence-corrected chi connectivity index (χ3v) is 9.83. The van der Waals surface area contributed by atoms with Gasteiger partial charge >= 0.3 is 6.11 Å². The van der Waals surface area contributed by atoms with E-state index < -0.39 is 46.5 Å². The van der Waals surface area contributed by atoms with E-state index in [1.807, 2.05) is 6.07 Å². The number of hydrogen-bond donors (Lipinski definition) is 0. The first-order chi connectivity index (χ1) is 22.5. The Morgan fingerprint density at radius 2 is 1.32 bits per heavy atom. The molecule has 0 atom stereocenters. The van der Waals surface area contributed by atoms with Gasteiger partial charge in [-0.05, 0) is 96.4 Å². The van der Waals surface area contributed by atoms with Gasteiger partial charge in [0, 0.05) is 22.1 Å². The first-order valence-corrected chi connectivity index (χ1v) is 17.1. The van der Waals surface area contributed by atoms with Gasteiger partial charge in [0.2, 0.25) is 0 Å². The van der Waals surface area contributed by atoms with E-state index in [1.54, 1.807) is 13.0 Å². The fraction of sp³-hybridized carbons (Fsp3) is 0.368. The van der Waals surface area contributed by atoms with Crippen LogP contribution in [0.4, 0.5) is 30.7 Å². The lowest BCUT2D eigenvalue weighted by Crippen LogP contribution is -2.25. The number of alkyl halides is 2. The van der Waals surface area contributed by atoms with E-state index >= 15 is 17.6 Å². The Labute approximate surface area is 275 Å². The first-order valence-electron chi connectivity index (χ1n) is 16.1. The van der Waals surface area contributed by atoms with Gasteiger partial charge in [0.05, 0.1) is 0 Å². The second-order valence-corrected chi connectivity index (χ2v) is 13.4. The number of hydrogen-bond acceptors (Lipinski definition) is 2. The minimum Gasteiger partial charge on any atom is -0.429 e. The summed E-state index contributed by atoms with van der Waals surface area (Å²) in [7, 11) is 0. The lowest BCUT2D eigenvalue weighted by molar-refractivity contribution is -0.189. The Kier molecular flexibility index (Phi) is 11.3. The van der Waals surface area contributed by atoms with Crippen molar-refractivity contribution in [1.82, 2.24) is 0 Å². The zero-order valence-corrected chi connectivity index (χ0v) is 27.1. The van der Waals surface area contributed by atoms with Crippen LogP contribution in [-0.4, -0.2) is 5.75 Å². The zero-order valence-electron chi connectivity index (χ0n) is 26.3. The van der Waals surface area contributed by atoms with E-state index in [9.17, 15) is 13.2 Å². The quantitative estimate of drug-likeness (QED) is 0.0840. The molecular weight excluding hydrogens is 637 g/mol. The van der Waals surface area contributed by atoms with Crippen molar-refractivity contribution in [2.45, 2.75) is 82.1 Å². The smallest absolute Gasteiger partial charge is 0.429 e. The van der Waals surface area contributed by atoms with Crippen LogP contribution in [0.2, 0.25) is 0 Å². The Bertz CT molecular complexity index is 1670. The molecule has 0 aromatic heterocycles. The maximum absolute atomic E-state index is 15.3. The lowest BCUT2D eigenvalue weighted by atomic mass is 9.77. The Morgan fingerprint density at radius 1 is 0.681 bits per heavy atom. The highest BCUT2D eigenvalue weighted by Crippen LogP contribution is 2.41. The fourth-order valence-corrected chi connectivity index (χ4v) is 7.10. The molecule has 1 saturated carbocycles. The van der Waals surface area contributed by atoms with Crippen molar-refractivity contribution in [2.24, 2.45) is 5.92 Å². The van der Waals surface area contributed by atoms with Crippen LogP contribution in [0, 0.1) is 35.0 Å². The summed E-state index contributed by atoms with van der Waals surface area (Å²) < 4.78 is 109. The second kappa shape index (κ2) is 15.2. The summed E-state index contributed by atoms with van der Waals surface area (Å²) in [6.07, 6.45) is 4.72. The van der Waals surface area contributed by atoms with E-state index in [2.05, 4.69) is 11.7 Å². The van der Waals surface area contributed by atoms with Crippen LogP contribution in [0.1, 0.15) is 82.3 Å². The number of unbranched alkanes of at least 4 members (excludes halogenated alkanes) is 2. The summed E-state index contributed by atoms with van der Waals surface area (Å²) >= 11 is 1.15. The highest BCUT2D eigenvalue weighted by atomic mass is 32.2. The molecule has 9 heteroatoms. The van der Waals surface area contributed by atoms with E-state index in [-0.39, 0.29) is 33.1 Å². The van der Waals surface area contributed by atoms with Crippen molar-refractivity contribution < 1.29 is 35.5 Å². The van der Waals surface area contributed by atoms with Crippen LogP contribution in [0.15, 0.2) is 71.6 Å². The summed E-state index contributed by atoms with van der Waals surface area (Å²) in [4.78, 5) is 0.211. The van der Waals surface area contributed by atoms with Crippen LogP contribution in [0.5, 0.6) is 5.75 Å². The van der Waals surface area contributed by atoms with Gasteiger partial charge in [-0.15, -0.1) is 11.8 Å². The van der Waals surface area contributed by atoms with Crippen LogP contribution in [0.3, 0.4) is 0 Å². The molecule has 1 aliphatic rings. The molecule has 0 unspecified atom stereocenters. The van der Waals surface area contributed by atoms with Crippen LogP contribution in [0.25, 0.3) is 22.3 Å². The molecule has 1 nitrogen and oxygen atoms in total. The predicted octanol–water partition coefficient (Wildman–Crippen LogP) is 12.8. The third kappa shape index (κ3) is 8.16. The van der Waals surface area contributed by atoms with Gasteiger partial charge in [-0.2, -0.15) is 8.78 Å². The molecule has 1 fully saturated rings. The van der Waals surface area contributed by atoms with Crippen molar-refractivity contribution in [1.29, 1.82) is 0 Å². The molecule has 0 radical (unpaired) electrons. The van der Waals surface area contributed by atoms with Crippen molar-refractivity contribution in [3.05, 3.63) is 107 Å². The largest absolute Gasteiger partial charge is 0.432 e. The van der Waals surface area contributed by atoms with E-state index in [0.29, 0.717) is 24.0 Å².